The van der Waals surface area contributed by atoms with Gasteiger partial charge in [-0.15, -0.1) is 0 Å². The molecule has 1 unspecified atom stereocenters. The van der Waals surface area contributed by atoms with Crippen molar-refractivity contribution < 1.29 is 9.53 Å². The fourth-order valence-corrected chi connectivity index (χ4v) is 2.55. The van der Waals surface area contributed by atoms with Crippen LogP contribution in [-0.4, -0.2) is 18.5 Å². The van der Waals surface area contributed by atoms with Crippen LogP contribution in [0.1, 0.15) is 36.0 Å². The molecule has 1 heterocycles. The molecule has 1 aromatic carbocycles. The van der Waals surface area contributed by atoms with Crippen LogP contribution < -0.4 is 0 Å². The number of halogens is 2. The molecule has 0 bridgehead atoms. The highest BCUT2D eigenvalue weighted by Gasteiger charge is 2.17. The van der Waals surface area contributed by atoms with E-state index in [-0.39, 0.29) is 11.9 Å². The zero-order valence-corrected chi connectivity index (χ0v) is 10.9. The molecule has 2 nitrogen and oxygen atoms in total. The minimum Gasteiger partial charge on any atom is -0.378 e. The van der Waals surface area contributed by atoms with E-state index in [0.29, 0.717) is 22.0 Å². The predicted octanol–water partition coefficient (Wildman–Crippen LogP) is 4.14. The molecule has 1 aromatic rings. The van der Waals surface area contributed by atoms with E-state index >= 15 is 0 Å². The van der Waals surface area contributed by atoms with Gasteiger partial charge >= 0.3 is 0 Å². The molecule has 0 radical (unpaired) electrons. The SMILES string of the molecule is O=C(CCC1CCCO1)c1cc(Cl)cc(Cl)c1. The number of benzene rings is 1. The van der Waals surface area contributed by atoms with Crippen LogP contribution in [0.3, 0.4) is 0 Å². The topological polar surface area (TPSA) is 26.3 Å². The zero-order chi connectivity index (χ0) is 12.3. The second kappa shape index (κ2) is 5.85. The van der Waals surface area contributed by atoms with E-state index in [1.165, 1.54) is 0 Å². The number of ketones is 1. The molecule has 0 spiro atoms. The van der Waals surface area contributed by atoms with Gasteiger partial charge < -0.3 is 4.74 Å². The first-order valence-electron chi connectivity index (χ1n) is 5.76. The fourth-order valence-electron chi connectivity index (χ4n) is 2.02. The van der Waals surface area contributed by atoms with E-state index in [4.69, 9.17) is 27.9 Å². The maximum absolute atomic E-state index is 11.9. The number of hydrogen-bond donors (Lipinski definition) is 0. The van der Waals surface area contributed by atoms with Crippen LogP contribution >= 0.6 is 23.2 Å². The Morgan fingerprint density at radius 3 is 2.59 bits per heavy atom. The molecule has 1 fully saturated rings. The summed E-state index contributed by atoms with van der Waals surface area (Å²) in [4.78, 5) is 11.9. The summed E-state index contributed by atoms with van der Waals surface area (Å²) in [6.45, 7) is 0.821. The van der Waals surface area contributed by atoms with Gasteiger partial charge in [0, 0.05) is 28.6 Å². The maximum atomic E-state index is 11.9. The normalized spacial score (nSPS) is 19.5. The van der Waals surface area contributed by atoms with E-state index < -0.39 is 0 Å². The minimum absolute atomic E-state index is 0.0740. The first-order valence-corrected chi connectivity index (χ1v) is 6.51. The highest BCUT2D eigenvalue weighted by atomic mass is 35.5. The van der Waals surface area contributed by atoms with Crippen molar-refractivity contribution in [2.75, 3.05) is 6.61 Å². The van der Waals surface area contributed by atoms with Crippen LogP contribution in [0.5, 0.6) is 0 Å². The Labute approximate surface area is 111 Å². The van der Waals surface area contributed by atoms with Gasteiger partial charge in [0.05, 0.1) is 6.10 Å². The van der Waals surface area contributed by atoms with Crippen molar-refractivity contribution in [2.24, 2.45) is 0 Å². The second-order valence-corrected chi connectivity index (χ2v) is 5.13. The smallest absolute Gasteiger partial charge is 0.163 e. The van der Waals surface area contributed by atoms with E-state index in [1.54, 1.807) is 18.2 Å². The predicted molar refractivity (Wildman–Crippen MR) is 69.0 cm³/mol. The van der Waals surface area contributed by atoms with Gasteiger partial charge in [-0.2, -0.15) is 0 Å². The van der Waals surface area contributed by atoms with Crippen molar-refractivity contribution in [3.63, 3.8) is 0 Å². The molecule has 0 aliphatic carbocycles. The Kier molecular flexibility index (Phi) is 4.43. The number of rotatable bonds is 4. The molecule has 1 aliphatic heterocycles. The molecule has 4 heteroatoms. The standard InChI is InChI=1S/C13H14Cl2O2/c14-10-6-9(7-11(15)8-10)13(16)4-3-12-2-1-5-17-12/h6-8,12H,1-5H2. The van der Waals surface area contributed by atoms with Crippen molar-refractivity contribution in [1.29, 1.82) is 0 Å². The molecule has 0 amide bonds. The Balaban J connectivity index is 1.94. The lowest BCUT2D eigenvalue weighted by Crippen LogP contribution is -2.08. The number of ether oxygens (including phenoxy) is 1. The average molecular weight is 273 g/mol. The van der Waals surface area contributed by atoms with Gasteiger partial charge in [0.25, 0.3) is 0 Å². The molecule has 1 aliphatic rings. The van der Waals surface area contributed by atoms with Crippen molar-refractivity contribution >= 4 is 29.0 Å². The quantitative estimate of drug-likeness (QED) is 0.771. The molecule has 1 saturated heterocycles. The van der Waals surface area contributed by atoms with Crippen LogP contribution in [0.4, 0.5) is 0 Å². The largest absolute Gasteiger partial charge is 0.378 e. The third-order valence-electron chi connectivity index (χ3n) is 2.90. The van der Waals surface area contributed by atoms with E-state index in [0.717, 1.165) is 25.9 Å². The summed E-state index contributed by atoms with van der Waals surface area (Å²) in [5.41, 5.74) is 0.584. The Morgan fingerprint density at radius 1 is 1.29 bits per heavy atom. The van der Waals surface area contributed by atoms with Crippen LogP contribution in [0.15, 0.2) is 18.2 Å². The number of carbonyl (C=O) groups excluding carboxylic acids is 1. The molecule has 92 valence electrons. The molecular weight excluding hydrogens is 259 g/mol. The summed E-state index contributed by atoms with van der Waals surface area (Å²) < 4.78 is 5.48. The van der Waals surface area contributed by atoms with E-state index in [9.17, 15) is 4.79 Å². The highest BCUT2D eigenvalue weighted by Crippen LogP contribution is 2.22. The molecule has 0 aromatic heterocycles. The summed E-state index contributed by atoms with van der Waals surface area (Å²) in [6, 6.07) is 4.94. The Hall–Kier alpha value is -0.570. The second-order valence-electron chi connectivity index (χ2n) is 4.26. The molecule has 17 heavy (non-hydrogen) atoms. The Bertz CT molecular complexity index is 392. The molecule has 0 N–H and O–H groups in total. The molecular formula is C13H14Cl2O2. The summed E-state index contributed by atoms with van der Waals surface area (Å²) in [6.07, 6.45) is 3.67. The van der Waals surface area contributed by atoms with Gasteiger partial charge in [0.2, 0.25) is 0 Å². The van der Waals surface area contributed by atoms with Crippen molar-refractivity contribution in [2.45, 2.75) is 31.8 Å². The van der Waals surface area contributed by atoms with E-state index in [2.05, 4.69) is 0 Å². The summed E-state index contributed by atoms with van der Waals surface area (Å²) in [5, 5.41) is 0.996. The lowest BCUT2D eigenvalue weighted by atomic mass is 10.0. The number of carbonyl (C=O) groups is 1. The van der Waals surface area contributed by atoms with Crippen LogP contribution in [-0.2, 0) is 4.74 Å². The van der Waals surface area contributed by atoms with Crippen LogP contribution in [0, 0.1) is 0 Å². The number of Topliss-reactive ketones (excluding diaryl/α,β-unsaturated/α-hetero) is 1. The fraction of sp³-hybridized carbons (Fsp3) is 0.462. The maximum Gasteiger partial charge on any atom is 0.163 e. The van der Waals surface area contributed by atoms with Crippen molar-refractivity contribution in [3.8, 4) is 0 Å². The van der Waals surface area contributed by atoms with Gasteiger partial charge in [-0.25, -0.2) is 0 Å². The first kappa shape index (κ1) is 12.9. The summed E-state index contributed by atoms with van der Waals surface area (Å²) in [7, 11) is 0. The zero-order valence-electron chi connectivity index (χ0n) is 9.42. The lowest BCUT2D eigenvalue weighted by Gasteiger charge is -2.08. The molecule has 1 atom stereocenters. The van der Waals surface area contributed by atoms with Crippen molar-refractivity contribution in [1.82, 2.24) is 0 Å². The lowest BCUT2D eigenvalue weighted by molar-refractivity contribution is 0.0859. The van der Waals surface area contributed by atoms with Gasteiger partial charge in [-0.1, -0.05) is 23.2 Å². The van der Waals surface area contributed by atoms with Crippen LogP contribution in [0.25, 0.3) is 0 Å². The molecule has 0 saturated carbocycles. The third kappa shape index (κ3) is 3.70. The third-order valence-corrected chi connectivity index (χ3v) is 3.34. The summed E-state index contributed by atoms with van der Waals surface area (Å²) >= 11 is 11.7. The monoisotopic (exact) mass is 272 g/mol. The van der Waals surface area contributed by atoms with Gasteiger partial charge in [0.1, 0.15) is 0 Å². The number of hydrogen-bond acceptors (Lipinski definition) is 2. The minimum atomic E-state index is 0.0740. The average Bonchev–Trinajstić information content (AvgIpc) is 2.77. The van der Waals surface area contributed by atoms with Crippen molar-refractivity contribution in [3.05, 3.63) is 33.8 Å². The highest BCUT2D eigenvalue weighted by molar-refractivity contribution is 6.35. The van der Waals surface area contributed by atoms with Gasteiger partial charge in [-0.05, 0) is 37.5 Å². The summed E-state index contributed by atoms with van der Waals surface area (Å²) in [5.74, 6) is 0.0740. The van der Waals surface area contributed by atoms with E-state index in [1.807, 2.05) is 0 Å². The first-order chi connectivity index (χ1) is 8.15. The molecule has 2 rings (SSSR count). The van der Waals surface area contributed by atoms with Gasteiger partial charge in [-0.3, -0.25) is 4.79 Å². The Morgan fingerprint density at radius 2 is 2.00 bits per heavy atom. The van der Waals surface area contributed by atoms with Gasteiger partial charge in [0.15, 0.2) is 5.78 Å². The van der Waals surface area contributed by atoms with Crippen LogP contribution in [0.2, 0.25) is 10.0 Å².